The molecule has 0 saturated heterocycles. The Hall–Kier alpha value is -3.34. The van der Waals surface area contributed by atoms with Gasteiger partial charge < -0.3 is 14.4 Å². The molecule has 2 aromatic carbocycles. The Morgan fingerprint density at radius 1 is 1.07 bits per heavy atom. The number of aromatic nitrogens is 2. The fourth-order valence-electron chi connectivity index (χ4n) is 3.64. The molecular formula is C23H23N3O2. The quantitative estimate of drug-likeness (QED) is 0.546. The van der Waals surface area contributed by atoms with Crippen molar-refractivity contribution in [2.75, 3.05) is 7.05 Å². The summed E-state index contributed by atoms with van der Waals surface area (Å²) < 4.78 is 5.44. The summed E-state index contributed by atoms with van der Waals surface area (Å²) in [6, 6.07) is 15.9. The molecule has 0 spiro atoms. The summed E-state index contributed by atoms with van der Waals surface area (Å²) in [5.41, 5.74) is 6.62. The molecule has 4 aromatic rings. The number of aromatic amines is 1. The van der Waals surface area contributed by atoms with Crippen molar-refractivity contribution in [3.05, 3.63) is 76.6 Å². The van der Waals surface area contributed by atoms with Crippen LogP contribution < -0.4 is 0 Å². The maximum atomic E-state index is 13.1. The van der Waals surface area contributed by atoms with E-state index in [2.05, 4.69) is 36.1 Å². The van der Waals surface area contributed by atoms with Crippen LogP contribution >= 0.6 is 0 Å². The van der Waals surface area contributed by atoms with Crippen LogP contribution in [-0.2, 0) is 6.54 Å². The van der Waals surface area contributed by atoms with Crippen LogP contribution in [-0.4, -0.2) is 28.0 Å². The number of fused-ring (bicyclic) bond motifs is 1. The zero-order chi connectivity index (χ0) is 19.8. The van der Waals surface area contributed by atoms with Crippen LogP contribution in [0.2, 0.25) is 0 Å². The van der Waals surface area contributed by atoms with E-state index in [-0.39, 0.29) is 5.91 Å². The minimum atomic E-state index is -0.0586. The number of carbonyl (C=O) groups excluding carboxylic acids is 1. The predicted molar refractivity (Wildman–Crippen MR) is 110 cm³/mol. The number of carbonyl (C=O) groups is 1. The lowest BCUT2D eigenvalue weighted by atomic mass is 10.0. The maximum absolute atomic E-state index is 13.1. The number of nitrogens with zero attached hydrogens (tertiary/aromatic N) is 2. The van der Waals surface area contributed by atoms with Crippen LogP contribution in [0, 0.1) is 20.8 Å². The summed E-state index contributed by atoms with van der Waals surface area (Å²) in [4.78, 5) is 18.1. The highest BCUT2D eigenvalue weighted by atomic mass is 16.5. The van der Waals surface area contributed by atoms with Gasteiger partial charge in [0.25, 0.3) is 5.91 Å². The first-order chi connectivity index (χ1) is 13.5. The molecule has 0 aliphatic heterocycles. The van der Waals surface area contributed by atoms with Gasteiger partial charge in [0.1, 0.15) is 11.4 Å². The zero-order valence-electron chi connectivity index (χ0n) is 16.5. The summed E-state index contributed by atoms with van der Waals surface area (Å²) >= 11 is 0. The third kappa shape index (κ3) is 3.09. The highest BCUT2D eigenvalue weighted by Crippen LogP contribution is 2.28. The second-order valence-electron chi connectivity index (χ2n) is 7.28. The molecule has 0 fully saturated rings. The normalized spacial score (nSPS) is 11.1. The Labute approximate surface area is 164 Å². The number of hydrogen-bond donors (Lipinski definition) is 1. The molecule has 1 N–H and O–H groups in total. The van der Waals surface area contributed by atoms with Crippen molar-refractivity contribution in [1.29, 1.82) is 0 Å². The summed E-state index contributed by atoms with van der Waals surface area (Å²) in [6.07, 6.45) is 0. The topological polar surface area (TPSA) is 62.1 Å². The van der Waals surface area contributed by atoms with Gasteiger partial charge in [0.2, 0.25) is 0 Å². The molecule has 5 heteroatoms. The van der Waals surface area contributed by atoms with Crippen LogP contribution in [0.4, 0.5) is 0 Å². The van der Waals surface area contributed by atoms with Crippen molar-refractivity contribution < 1.29 is 9.32 Å². The average Bonchev–Trinajstić information content (AvgIpc) is 3.30. The number of hydrogen-bond acceptors (Lipinski definition) is 3. The summed E-state index contributed by atoms with van der Waals surface area (Å²) in [7, 11) is 1.78. The van der Waals surface area contributed by atoms with E-state index in [0.29, 0.717) is 18.0 Å². The van der Waals surface area contributed by atoms with Crippen LogP contribution in [0.1, 0.15) is 32.9 Å². The first-order valence-corrected chi connectivity index (χ1v) is 9.30. The Balaban J connectivity index is 1.59. The van der Waals surface area contributed by atoms with E-state index in [1.165, 1.54) is 5.56 Å². The summed E-state index contributed by atoms with van der Waals surface area (Å²) in [5, 5.41) is 5.25. The minimum absolute atomic E-state index is 0.0586. The molecule has 2 heterocycles. The van der Waals surface area contributed by atoms with Gasteiger partial charge >= 0.3 is 0 Å². The Bertz CT molecular complexity index is 1160. The smallest absolute Gasteiger partial charge is 0.270 e. The monoisotopic (exact) mass is 373 g/mol. The molecule has 1 amide bonds. The van der Waals surface area contributed by atoms with E-state index in [1.807, 2.05) is 43.3 Å². The molecule has 0 aliphatic carbocycles. The van der Waals surface area contributed by atoms with E-state index < -0.39 is 0 Å². The van der Waals surface area contributed by atoms with Crippen molar-refractivity contribution >= 4 is 16.8 Å². The Kier molecular flexibility index (Phi) is 4.51. The molecule has 142 valence electrons. The van der Waals surface area contributed by atoms with Gasteiger partial charge in [-0.25, -0.2) is 0 Å². The van der Waals surface area contributed by atoms with Gasteiger partial charge in [-0.15, -0.1) is 0 Å². The highest BCUT2D eigenvalue weighted by molar-refractivity contribution is 6.02. The molecule has 0 aliphatic rings. The van der Waals surface area contributed by atoms with E-state index >= 15 is 0 Å². The molecule has 0 unspecified atom stereocenters. The van der Waals surface area contributed by atoms with Gasteiger partial charge in [0.15, 0.2) is 5.76 Å². The summed E-state index contributed by atoms with van der Waals surface area (Å²) in [6.45, 7) is 6.50. The molecule has 0 saturated carbocycles. The standard InChI is InChI=1S/C23H23N3O2/c1-14-10-11-15(2)21-20(14)16(3)22(24-21)23(27)26(4)13-18-12-19(28-25-18)17-8-6-5-7-9-17/h5-12,24H,13H2,1-4H3. The van der Waals surface area contributed by atoms with Crippen molar-refractivity contribution in [2.24, 2.45) is 0 Å². The van der Waals surface area contributed by atoms with Crippen LogP contribution in [0.15, 0.2) is 53.1 Å². The Morgan fingerprint density at radius 3 is 2.50 bits per heavy atom. The molecule has 0 atom stereocenters. The SMILES string of the molecule is Cc1ccc(C)c2c(C)c(C(=O)N(C)Cc3cc(-c4ccccc4)on3)[nH]c12. The second-order valence-corrected chi connectivity index (χ2v) is 7.28. The largest absolute Gasteiger partial charge is 0.356 e. The molecule has 5 nitrogen and oxygen atoms in total. The molecule has 2 aromatic heterocycles. The zero-order valence-corrected chi connectivity index (χ0v) is 16.5. The predicted octanol–water partition coefficient (Wildman–Crippen LogP) is 5.02. The molecular weight excluding hydrogens is 350 g/mol. The first-order valence-electron chi connectivity index (χ1n) is 9.30. The van der Waals surface area contributed by atoms with Gasteiger partial charge in [-0.1, -0.05) is 47.6 Å². The number of benzene rings is 2. The lowest BCUT2D eigenvalue weighted by Crippen LogP contribution is -2.27. The van der Waals surface area contributed by atoms with Gasteiger partial charge in [-0.2, -0.15) is 0 Å². The van der Waals surface area contributed by atoms with Crippen LogP contribution in [0.5, 0.6) is 0 Å². The lowest BCUT2D eigenvalue weighted by molar-refractivity contribution is 0.0776. The van der Waals surface area contributed by atoms with Crippen molar-refractivity contribution in [1.82, 2.24) is 15.0 Å². The van der Waals surface area contributed by atoms with E-state index in [9.17, 15) is 4.79 Å². The molecule has 4 rings (SSSR count). The molecule has 0 radical (unpaired) electrons. The maximum Gasteiger partial charge on any atom is 0.270 e. The molecule has 0 bridgehead atoms. The third-order valence-corrected chi connectivity index (χ3v) is 5.20. The Morgan fingerprint density at radius 2 is 1.79 bits per heavy atom. The van der Waals surface area contributed by atoms with Crippen molar-refractivity contribution in [2.45, 2.75) is 27.3 Å². The fourth-order valence-corrected chi connectivity index (χ4v) is 3.64. The van der Waals surface area contributed by atoms with Gasteiger partial charge in [-0.05, 0) is 37.5 Å². The lowest BCUT2D eigenvalue weighted by Gasteiger charge is -2.15. The van der Waals surface area contributed by atoms with Gasteiger partial charge in [0.05, 0.1) is 6.54 Å². The van der Waals surface area contributed by atoms with E-state index in [4.69, 9.17) is 4.52 Å². The van der Waals surface area contributed by atoms with E-state index in [1.54, 1.807) is 11.9 Å². The number of H-pyrrole nitrogens is 1. The molecule has 28 heavy (non-hydrogen) atoms. The number of rotatable bonds is 4. The third-order valence-electron chi connectivity index (χ3n) is 5.20. The number of nitrogens with one attached hydrogen (secondary N) is 1. The second kappa shape index (κ2) is 7.00. The van der Waals surface area contributed by atoms with Crippen LogP contribution in [0.3, 0.4) is 0 Å². The van der Waals surface area contributed by atoms with E-state index in [0.717, 1.165) is 33.3 Å². The van der Waals surface area contributed by atoms with Crippen molar-refractivity contribution in [3.63, 3.8) is 0 Å². The van der Waals surface area contributed by atoms with Crippen molar-refractivity contribution in [3.8, 4) is 11.3 Å². The van der Waals surface area contributed by atoms with Gasteiger partial charge in [0, 0.05) is 29.6 Å². The highest BCUT2D eigenvalue weighted by Gasteiger charge is 2.21. The first kappa shape index (κ1) is 18.0. The number of aryl methyl sites for hydroxylation is 3. The minimum Gasteiger partial charge on any atom is -0.356 e. The number of amides is 1. The summed E-state index contributed by atoms with van der Waals surface area (Å²) in [5.74, 6) is 0.640. The van der Waals surface area contributed by atoms with Gasteiger partial charge in [-0.3, -0.25) is 4.79 Å². The average molecular weight is 373 g/mol. The van der Waals surface area contributed by atoms with Crippen LogP contribution in [0.25, 0.3) is 22.2 Å². The fraction of sp³-hybridized carbons (Fsp3) is 0.217.